The number of nitrogens with zero attached hydrogens (tertiary/aromatic N) is 3. The van der Waals surface area contributed by atoms with Gasteiger partial charge in [0, 0.05) is 19.3 Å². The van der Waals surface area contributed by atoms with Gasteiger partial charge < -0.3 is 15.5 Å². The Morgan fingerprint density at radius 1 is 1.17 bits per heavy atom. The van der Waals surface area contributed by atoms with E-state index in [4.69, 9.17) is 0 Å². The van der Waals surface area contributed by atoms with E-state index in [1.807, 2.05) is 14.1 Å². The van der Waals surface area contributed by atoms with Crippen molar-refractivity contribution < 1.29 is 4.79 Å². The number of carbonyl (C=O) groups excluding carboxylic acids is 1. The van der Waals surface area contributed by atoms with Crippen LogP contribution in [0.3, 0.4) is 0 Å². The molecule has 0 fully saturated rings. The van der Waals surface area contributed by atoms with Gasteiger partial charge in [0.1, 0.15) is 5.69 Å². The average Bonchev–Trinajstić information content (AvgIpc) is 2.58. The van der Waals surface area contributed by atoms with E-state index >= 15 is 0 Å². The van der Waals surface area contributed by atoms with E-state index in [0.717, 1.165) is 18.5 Å². The second-order valence-corrected chi connectivity index (χ2v) is 6.02. The van der Waals surface area contributed by atoms with Crippen LogP contribution in [0.2, 0.25) is 0 Å². The van der Waals surface area contributed by atoms with E-state index in [1.54, 1.807) is 12.3 Å². The molecule has 0 unspecified atom stereocenters. The monoisotopic (exact) mass is 327 g/mol. The Labute approximate surface area is 143 Å². The second-order valence-electron chi connectivity index (χ2n) is 6.02. The first-order valence-corrected chi connectivity index (χ1v) is 8.10. The minimum absolute atomic E-state index is 0.172. The fraction of sp³-hybridized carbons (Fsp3) is 0.389. The second kappa shape index (κ2) is 8.98. The highest BCUT2D eigenvalue weighted by molar-refractivity contribution is 5.92. The van der Waals surface area contributed by atoms with Gasteiger partial charge in [-0.25, -0.2) is 9.97 Å². The van der Waals surface area contributed by atoms with Crippen molar-refractivity contribution in [2.24, 2.45) is 0 Å². The maximum Gasteiger partial charge on any atom is 0.270 e. The number of hydrogen-bond donors (Lipinski definition) is 2. The van der Waals surface area contributed by atoms with Gasteiger partial charge in [-0.05, 0) is 45.6 Å². The molecule has 1 heterocycles. The van der Waals surface area contributed by atoms with Gasteiger partial charge >= 0.3 is 0 Å². The molecule has 0 atom stereocenters. The van der Waals surface area contributed by atoms with E-state index in [0.29, 0.717) is 24.7 Å². The SMILES string of the molecule is Cc1ccc(CNc2nccc(C(=O)NCCCN(C)C)n2)cc1. The summed E-state index contributed by atoms with van der Waals surface area (Å²) in [5.74, 6) is 0.283. The summed E-state index contributed by atoms with van der Waals surface area (Å²) in [6.07, 6.45) is 2.50. The molecule has 0 aliphatic carbocycles. The zero-order valence-corrected chi connectivity index (χ0v) is 14.5. The predicted octanol–water partition coefficient (Wildman–Crippen LogP) is 2.08. The highest BCUT2D eigenvalue weighted by atomic mass is 16.1. The van der Waals surface area contributed by atoms with Gasteiger partial charge in [-0.1, -0.05) is 29.8 Å². The third kappa shape index (κ3) is 5.96. The van der Waals surface area contributed by atoms with Crippen molar-refractivity contribution in [2.45, 2.75) is 19.9 Å². The zero-order valence-electron chi connectivity index (χ0n) is 14.5. The van der Waals surface area contributed by atoms with Crippen LogP contribution in [0.1, 0.15) is 28.0 Å². The first kappa shape index (κ1) is 17.9. The summed E-state index contributed by atoms with van der Waals surface area (Å²) in [4.78, 5) is 22.6. The van der Waals surface area contributed by atoms with Gasteiger partial charge in [0.25, 0.3) is 5.91 Å². The van der Waals surface area contributed by atoms with Crippen LogP contribution >= 0.6 is 0 Å². The molecule has 1 amide bonds. The van der Waals surface area contributed by atoms with E-state index in [9.17, 15) is 4.79 Å². The molecule has 2 N–H and O–H groups in total. The fourth-order valence-electron chi connectivity index (χ4n) is 2.15. The topological polar surface area (TPSA) is 70.2 Å². The minimum Gasteiger partial charge on any atom is -0.351 e. The van der Waals surface area contributed by atoms with Gasteiger partial charge in [0.15, 0.2) is 0 Å². The lowest BCUT2D eigenvalue weighted by Crippen LogP contribution is -2.28. The van der Waals surface area contributed by atoms with Crippen molar-refractivity contribution in [3.63, 3.8) is 0 Å². The lowest BCUT2D eigenvalue weighted by molar-refractivity contribution is 0.0947. The van der Waals surface area contributed by atoms with Crippen molar-refractivity contribution in [3.05, 3.63) is 53.3 Å². The highest BCUT2D eigenvalue weighted by Crippen LogP contribution is 2.06. The molecule has 6 heteroatoms. The Kier molecular flexibility index (Phi) is 6.69. The standard InChI is InChI=1S/C18H25N5O/c1-14-5-7-15(8-6-14)13-21-18-20-11-9-16(22-18)17(24)19-10-4-12-23(2)3/h5-9,11H,4,10,12-13H2,1-3H3,(H,19,24)(H,20,21,22). The number of nitrogens with one attached hydrogen (secondary N) is 2. The smallest absolute Gasteiger partial charge is 0.270 e. The van der Waals surface area contributed by atoms with Crippen LogP contribution in [0.5, 0.6) is 0 Å². The maximum absolute atomic E-state index is 12.1. The summed E-state index contributed by atoms with van der Waals surface area (Å²) in [6, 6.07) is 9.87. The van der Waals surface area contributed by atoms with Gasteiger partial charge in [-0.15, -0.1) is 0 Å². The Morgan fingerprint density at radius 2 is 1.92 bits per heavy atom. The summed E-state index contributed by atoms with van der Waals surface area (Å²) >= 11 is 0. The molecule has 0 radical (unpaired) electrons. The van der Waals surface area contributed by atoms with Crippen molar-refractivity contribution in [1.29, 1.82) is 0 Å². The zero-order chi connectivity index (χ0) is 17.4. The molecule has 128 valence electrons. The number of rotatable bonds is 8. The molecule has 0 saturated heterocycles. The Hall–Kier alpha value is -2.47. The number of anilines is 1. The summed E-state index contributed by atoms with van der Waals surface area (Å²) in [5, 5.41) is 6.03. The molecule has 0 aliphatic rings. The first-order valence-electron chi connectivity index (χ1n) is 8.10. The van der Waals surface area contributed by atoms with Gasteiger partial charge in [0.05, 0.1) is 0 Å². The van der Waals surface area contributed by atoms with Crippen LogP contribution in [0.25, 0.3) is 0 Å². The molecule has 0 saturated carbocycles. The summed E-state index contributed by atoms with van der Waals surface area (Å²) < 4.78 is 0. The summed E-state index contributed by atoms with van der Waals surface area (Å²) in [5.41, 5.74) is 2.74. The first-order chi connectivity index (χ1) is 11.5. The molecule has 24 heavy (non-hydrogen) atoms. The van der Waals surface area contributed by atoms with Gasteiger partial charge in [-0.2, -0.15) is 0 Å². The number of aryl methyl sites for hydroxylation is 1. The third-order valence-corrected chi connectivity index (χ3v) is 3.53. The molecule has 2 rings (SSSR count). The fourth-order valence-corrected chi connectivity index (χ4v) is 2.15. The van der Waals surface area contributed by atoms with E-state index in [2.05, 4.69) is 56.7 Å². The predicted molar refractivity (Wildman–Crippen MR) is 96.0 cm³/mol. The molecule has 2 aromatic rings. The number of amides is 1. The quantitative estimate of drug-likeness (QED) is 0.727. The number of benzene rings is 1. The summed E-state index contributed by atoms with van der Waals surface area (Å²) in [7, 11) is 4.02. The maximum atomic E-state index is 12.1. The van der Waals surface area contributed by atoms with Gasteiger partial charge in [0.2, 0.25) is 5.95 Å². The van der Waals surface area contributed by atoms with Crippen molar-refractivity contribution in [1.82, 2.24) is 20.2 Å². The number of aromatic nitrogens is 2. The molecule has 1 aromatic carbocycles. The highest BCUT2D eigenvalue weighted by Gasteiger charge is 2.08. The van der Waals surface area contributed by atoms with E-state index in [1.165, 1.54) is 5.56 Å². The number of carbonyl (C=O) groups is 1. The van der Waals surface area contributed by atoms with Crippen molar-refractivity contribution in [2.75, 3.05) is 32.5 Å². The normalized spacial score (nSPS) is 10.7. The average molecular weight is 327 g/mol. The third-order valence-electron chi connectivity index (χ3n) is 3.53. The van der Waals surface area contributed by atoms with Crippen LogP contribution in [-0.4, -0.2) is 48.0 Å². The molecule has 0 aliphatic heterocycles. The Morgan fingerprint density at radius 3 is 2.62 bits per heavy atom. The summed E-state index contributed by atoms with van der Waals surface area (Å²) in [6.45, 7) is 4.25. The Balaban J connectivity index is 1.86. The molecule has 1 aromatic heterocycles. The molecular formula is C18H25N5O. The Bertz CT molecular complexity index is 655. The lowest BCUT2D eigenvalue weighted by Gasteiger charge is -2.10. The largest absolute Gasteiger partial charge is 0.351 e. The van der Waals surface area contributed by atoms with Gasteiger partial charge in [-0.3, -0.25) is 4.79 Å². The molecule has 0 bridgehead atoms. The van der Waals surface area contributed by atoms with Crippen molar-refractivity contribution in [3.8, 4) is 0 Å². The van der Waals surface area contributed by atoms with E-state index < -0.39 is 0 Å². The molecule has 0 spiro atoms. The molecule has 6 nitrogen and oxygen atoms in total. The van der Waals surface area contributed by atoms with Crippen LogP contribution in [0.15, 0.2) is 36.5 Å². The van der Waals surface area contributed by atoms with Crippen LogP contribution in [0, 0.1) is 6.92 Å². The van der Waals surface area contributed by atoms with Crippen molar-refractivity contribution >= 4 is 11.9 Å². The van der Waals surface area contributed by atoms with Crippen LogP contribution < -0.4 is 10.6 Å². The number of hydrogen-bond acceptors (Lipinski definition) is 5. The molecular weight excluding hydrogens is 302 g/mol. The lowest BCUT2D eigenvalue weighted by atomic mass is 10.1. The van der Waals surface area contributed by atoms with E-state index in [-0.39, 0.29) is 5.91 Å². The van der Waals surface area contributed by atoms with Crippen LogP contribution in [0.4, 0.5) is 5.95 Å². The van der Waals surface area contributed by atoms with Crippen LogP contribution in [-0.2, 0) is 6.54 Å². The minimum atomic E-state index is -0.172.